The molecule has 0 unspecified atom stereocenters. The Morgan fingerprint density at radius 3 is 2.62 bits per heavy atom. The summed E-state index contributed by atoms with van der Waals surface area (Å²) in [6.07, 6.45) is 0. The summed E-state index contributed by atoms with van der Waals surface area (Å²) < 4.78 is 8.63. The number of methoxy groups -OCH3 is 1. The number of benzene rings is 2. The van der Waals surface area contributed by atoms with Crippen molar-refractivity contribution >= 4 is 28.1 Å². The maximum atomic E-state index is 5.35. The first-order chi connectivity index (χ1) is 10.2. The number of nitrogens with one attached hydrogen (secondary N) is 1. The predicted molar refractivity (Wildman–Crippen MR) is 88.4 cm³/mol. The fourth-order valence-corrected chi connectivity index (χ4v) is 2.73. The second-order valence-corrected chi connectivity index (χ2v) is 5.70. The maximum absolute atomic E-state index is 5.35. The Morgan fingerprint density at radius 1 is 1.19 bits per heavy atom. The summed E-state index contributed by atoms with van der Waals surface area (Å²) >= 11 is 8.83. The average molecular weight is 362 g/mol. The van der Waals surface area contributed by atoms with Crippen LogP contribution in [0.1, 0.15) is 0 Å². The molecule has 4 nitrogen and oxygen atoms in total. The standard InChI is InChI=1S/C15H12BrN3OS/c1-20-13-7-5-12(6-8-13)19-14(17-18-15(19)21)10-3-2-4-11(16)9-10/h2-9H,1H3,(H,18,21). The van der Waals surface area contributed by atoms with Gasteiger partial charge in [-0.25, -0.2) is 0 Å². The van der Waals surface area contributed by atoms with Crippen LogP contribution >= 0.6 is 28.1 Å². The van der Waals surface area contributed by atoms with Gasteiger partial charge in [-0.15, -0.1) is 0 Å². The largest absolute Gasteiger partial charge is 0.497 e. The van der Waals surface area contributed by atoms with Crippen molar-refractivity contribution in [3.8, 4) is 22.8 Å². The van der Waals surface area contributed by atoms with Crippen LogP contribution in [0.15, 0.2) is 53.0 Å². The zero-order valence-electron chi connectivity index (χ0n) is 11.2. The molecule has 0 saturated heterocycles. The average Bonchev–Trinajstić information content (AvgIpc) is 2.89. The van der Waals surface area contributed by atoms with Crippen LogP contribution in [0.5, 0.6) is 5.75 Å². The van der Waals surface area contributed by atoms with Crippen LogP contribution in [0.3, 0.4) is 0 Å². The zero-order chi connectivity index (χ0) is 14.8. The molecular weight excluding hydrogens is 350 g/mol. The highest BCUT2D eigenvalue weighted by molar-refractivity contribution is 9.10. The van der Waals surface area contributed by atoms with Gasteiger partial charge in [0.2, 0.25) is 0 Å². The Balaban J connectivity index is 2.14. The second kappa shape index (κ2) is 5.83. The summed E-state index contributed by atoms with van der Waals surface area (Å²) in [5.41, 5.74) is 1.91. The predicted octanol–water partition coefficient (Wildman–Crippen LogP) is 4.37. The first-order valence-corrected chi connectivity index (χ1v) is 7.47. The Morgan fingerprint density at radius 2 is 1.95 bits per heavy atom. The lowest BCUT2D eigenvalue weighted by Crippen LogP contribution is -1.97. The molecule has 0 amide bonds. The molecular formula is C15H12BrN3OS. The first-order valence-electron chi connectivity index (χ1n) is 6.27. The maximum Gasteiger partial charge on any atom is 0.200 e. The summed E-state index contributed by atoms with van der Waals surface area (Å²) in [5, 5.41) is 7.19. The first kappa shape index (κ1) is 14.0. The van der Waals surface area contributed by atoms with Crippen LogP contribution in [0, 0.1) is 4.77 Å². The van der Waals surface area contributed by atoms with E-state index in [0.29, 0.717) is 4.77 Å². The van der Waals surface area contributed by atoms with Crippen LogP contribution in [-0.4, -0.2) is 21.9 Å². The number of halogens is 1. The lowest BCUT2D eigenvalue weighted by molar-refractivity contribution is 0.414. The van der Waals surface area contributed by atoms with E-state index in [1.54, 1.807) is 7.11 Å². The highest BCUT2D eigenvalue weighted by Gasteiger charge is 2.11. The Hall–Kier alpha value is -1.92. The summed E-state index contributed by atoms with van der Waals surface area (Å²) in [7, 11) is 1.64. The molecule has 0 aliphatic carbocycles. The molecule has 0 atom stereocenters. The lowest BCUT2D eigenvalue weighted by Gasteiger charge is -2.08. The molecule has 1 heterocycles. The molecule has 0 radical (unpaired) electrons. The number of aromatic amines is 1. The second-order valence-electron chi connectivity index (χ2n) is 4.40. The third kappa shape index (κ3) is 2.77. The molecule has 0 aliphatic rings. The van der Waals surface area contributed by atoms with Crippen LogP contribution in [0.2, 0.25) is 0 Å². The fourth-order valence-electron chi connectivity index (χ4n) is 2.09. The smallest absolute Gasteiger partial charge is 0.200 e. The number of nitrogens with zero attached hydrogens (tertiary/aromatic N) is 2. The van der Waals surface area contributed by atoms with Crippen LogP contribution in [0.4, 0.5) is 0 Å². The Bertz CT molecular complexity index is 823. The lowest BCUT2D eigenvalue weighted by atomic mass is 10.2. The van der Waals surface area contributed by atoms with Crippen molar-refractivity contribution in [3.63, 3.8) is 0 Å². The Labute approximate surface area is 135 Å². The van der Waals surface area contributed by atoms with Crippen molar-refractivity contribution in [2.24, 2.45) is 0 Å². The molecule has 0 fully saturated rings. The molecule has 1 aromatic heterocycles. The van der Waals surface area contributed by atoms with Crippen molar-refractivity contribution in [2.45, 2.75) is 0 Å². The van der Waals surface area contributed by atoms with Crippen molar-refractivity contribution in [2.75, 3.05) is 7.11 Å². The van der Waals surface area contributed by atoms with E-state index >= 15 is 0 Å². The van der Waals surface area contributed by atoms with E-state index in [9.17, 15) is 0 Å². The van der Waals surface area contributed by atoms with Gasteiger partial charge in [-0.05, 0) is 48.6 Å². The number of H-pyrrole nitrogens is 1. The summed E-state index contributed by atoms with van der Waals surface area (Å²) in [5.74, 6) is 1.57. The van der Waals surface area contributed by atoms with Gasteiger partial charge in [-0.1, -0.05) is 28.1 Å². The van der Waals surface area contributed by atoms with Gasteiger partial charge >= 0.3 is 0 Å². The van der Waals surface area contributed by atoms with Gasteiger partial charge in [0.25, 0.3) is 0 Å². The van der Waals surface area contributed by atoms with Gasteiger partial charge in [0.1, 0.15) is 5.75 Å². The minimum atomic E-state index is 0.551. The highest BCUT2D eigenvalue weighted by Crippen LogP contribution is 2.25. The van der Waals surface area contributed by atoms with E-state index in [-0.39, 0.29) is 0 Å². The zero-order valence-corrected chi connectivity index (χ0v) is 13.6. The van der Waals surface area contributed by atoms with E-state index in [1.807, 2.05) is 53.1 Å². The van der Waals surface area contributed by atoms with Crippen LogP contribution in [-0.2, 0) is 0 Å². The number of hydrogen-bond donors (Lipinski definition) is 1. The summed E-state index contributed by atoms with van der Waals surface area (Å²) in [6, 6.07) is 15.6. The van der Waals surface area contributed by atoms with Gasteiger partial charge in [0.15, 0.2) is 10.6 Å². The SMILES string of the molecule is COc1ccc(-n2c(-c3cccc(Br)c3)n[nH]c2=S)cc1. The van der Waals surface area contributed by atoms with E-state index in [2.05, 4.69) is 26.1 Å². The fraction of sp³-hybridized carbons (Fsp3) is 0.0667. The molecule has 0 saturated carbocycles. The van der Waals surface area contributed by atoms with Gasteiger partial charge in [0.05, 0.1) is 12.8 Å². The van der Waals surface area contributed by atoms with Gasteiger partial charge < -0.3 is 4.74 Å². The molecule has 106 valence electrons. The molecule has 6 heteroatoms. The number of aromatic nitrogens is 3. The molecule has 0 spiro atoms. The Kier molecular flexibility index (Phi) is 3.90. The topological polar surface area (TPSA) is 42.8 Å². The quantitative estimate of drug-likeness (QED) is 0.704. The minimum absolute atomic E-state index is 0.551. The van der Waals surface area contributed by atoms with Gasteiger partial charge in [-0.2, -0.15) is 5.10 Å². The van der Waals surface area contributed by atoms with E-state index in [1.165, 1.54) is 0 Å². The molecule has 3 aromatic rings. The third-order valence-electron chi connectivity index (χ3n) is 3.09. The molecule has 0 aliphatic heterocycles. The molecule has 21 heavy (non-hydrogen) atoms. The molecule has 3 rings (SSSR count). The third-order valence-corrected chi connectivity index (χ3v) is 3.85. The normalized spacial score (nSPS) is 10.6. The summed E-state index contributed by atoms with van der Waals surface area (Å²) in [4.78, 5) is 0. The number of hydrogen-bond acceptors (Lipinski definition) is 3. The highest BCUT2D eigenvalue weighted by atomic mass is 79.9. The summed E-state index contributed by atoms with van der Waals surface area (Å²) in [6.45, 7) is 0. The molecule has 1 N–H and O–H groups in total. The van der Waals surface area contributed by atoms with Crippen molar-refractivity contribution in [1.82, 2.24) is 14.8 Å². The van der Waals surface area contributed by atoms with Crippen molar-refractivity contribution < 1.29 is 4.74 Å². The van der Waals surface area contributed by atoms with Crippen molar-refractivity contribution in [1.29, 1.82) is 0 Å². The van der Waals surface area contributed by atoms with Gasteiger partial charge in [0, 0.05) is 10.0 Å². The van der Waals surface area contributed by atoms with E-state index in [0.717, 1.165) is 27.3 Å². The molecule has 0 bridgehead atoms. The number of ether oxygens (including phenoxy) is 1. The monoisotopic (exact) mass is 361 g/mol. The van der Waals surface area contributed by atoms with Gasteiger partial charge in [-0.3, -0.25) is 9.67 Å². The number of rotatable bonds is 3. The molecule has 2 aromatic carbocycles. The van der Waals surface area contributed by atoms with E-state index in [4.69, 9.17) is 17.0 Å². The van der Waals surface area contributed by atoms with E-state index < -0.39 is 0 Å². The van der Waals surface area contributed by atoms with Crippen molar-refractivity contribution in [3.05, 3.63) is 57.8 Å². The van der Waals surface area contributed by atoms with Crippen LogP contribution in [0.25, 0.3) is 17.1 Å². The van der Waals surface area contributed by atoms with Crippen LogP contribution < -0.4 is 4.74 Å². The minimum Gasteiger partial charge on any atom is -0.497 e.